The maximum Gasteiger partial charge on any atom is 0.267 e. The normalized spacial score (nSPS) is 20.5. The molecule has 0 unspecified atom stereocenters. The first kappa shape index (κ1) is 22.0. The Morgan fingerprint density at radius 2 is 2.12 bits per heavy atom. The third-order valence-corrected chi connectivity index (χ3v) is 4.84. The van der Waals surface area contributed by atoms with E-state index in [9.17, 15) is 4.79 Å². The van der Waals surface area contributed by atoms with Gasteiger partial charge in [-0.15, -0.1) is 24.8 Å². The minimum absolute atomic E-state index is 0. The second kappa shape index (κ2) is 10.2. The first-order valence-electron chi connectivity index (χ1n) is 7.94. The Kier molecular flexibility index (Phi) is 8.96. The number of carbonyl (C=O) groups excluding carboxylic acids is 1. The highest BCUT2D eigenvalue weighted by Crippen LogP contribution is 2.29. The summed E-state index contributed by atoms with van der Waals surface area (Å²) in [6.45, 7) is 2.18. The summed E-state index contributed by atoms with van der Waals surface area (Å²) in [6, 6.07) is 2.90. The van der Waals surface area contributed by atoms with Gasteiger partial charge in [-0.2, -0.15) is 0 Å². The van der Waals surface area contributed by atoms with Crippen molar-refractivity contribution in [3.05, 3.63) is 28.9 Å². The number of nitrogens with zero attached hydrogens (tertiary/aromatic N) is 2. The molecule has 0 bridgehead atoms. The molecule has 0 spiro atoms. The number of pyridine rings is 1. The van der Waals surface area contributed by atoms with Crippen molar-refractivity contribution < 1.29 is 10.0 Å². The molecule has 1 amide bonds. The summed E-state index contributed by atoms with van der Waals surface area (Å²) in [6.07, 6.45) is 9.52. The summed E-state index contributed by atoms with van der Waals surface area (Å²) in [5.74, 6) is 0.0845. The van der Waals surface area contributed by atoms with Crippen LogP contribution in [-0.4, -0.2) is 46.2 Å². The summed E-state index contributed by atoms with van der Waals surface area (Å²) in [5, 5.41) is 12.4. The largest absolute Gasteiger partial charge is 0.365 e. The van der Waals surface area contributed by atoms with E-state index < -0.39 is 5.91 Å². The lowest BCUT2D eigenvalue weighted by atomic mass is 9.92. The Hall–Kier alpha value is -1.05. The molecule has 1 saturated carbocycles. The van der Waals surface area contributed by atoms with Gasteiger partial charge in [0.1, 0.15) is 5.82 Å². The van der Waals surface area contributed by atoms with Gasteiger partial charge in [-0.3, -0.25) is 14.9 Å². The van der Waals surface area contributed by atoms with Gasteiger partial charge in [-0.05, 0) is 37.0 Å². The van der Waals surface area contributed by atoms with Crippen LogP contribution < -0.4 is 10.8 Å². The van der Waals surface area contributed by atoms with Crippen LogP contribution in [-0.2, 0) is 4.79 Å². The van der Waals surface area contributed by atoms with Crippen LogP contribution >= 0.6 is 36.4 Å². The Balaban J connectivity index is 0.00000156. The van der Waals surface area contributed by atoms with Crippen LogP contribution in [0.4, 0.5) is 5.82 Å². The van der Waals surface area contributed by atoms with Gasteiger partial charge in [-0.1, -0.05) is 18.0 Å². The van der Waals surface area contributed by atoms with Crippen LogP contribution in [0.1, 0.15) is 31.2 Å². The molecule has 3 N–H and O–H groups in total. The number of anilines is 1. The minimum atomic E-state index is -0.592. The van der Waals surface area contributed by atoms with E-state index in [1.54, 1.807) is 18.3 Å². The number of hydrogen-bond donors (Lipinski definition) is 3. The number of hydrogen-bond acceptors (Lipinski definition) is 5. The second-order valence-electron chi connectivity index (χ2n) is 6.12. The number of rotatable bonds is 5. The van der Waals surface area contributed by atoms with Gasteiger partial charge >= 0.3 is 0 Å². The third kappa shape index (κ3) is 5.72. The fourth-order valence-electron chi connectivity index (χ4n) is 3.04. The van der Waals surface area contributed by atoms with Gasteiger partial charge in [0.25, 0.3) is 5.91 Å². The molecule has 140 valence electrons. The first-order valence-corrected chi connectivity index (χ1v) is 8.32. The number of carbonyl (C=O) groups is 1. The molecule has 0 aromatic carbocycles. The van der Waals surface area contributed by atoms with E-state index in [4.69, 9.17) is 16.8 Å². The molecule has 1 aliphatic heterocycles. The lowest BCUT2D eigenvalue weighted by Crippen LogP contribution is -2.39. The lowest BCUT2D eigenvalue weighted by Gasteiger charge is -2.34. The first-order chi connectivity index (χ1) is 11.2. The van der Waals surface area contributed by atoms with Crippen LogP contribution in [0.3, 0.4) is 0 Å². The van der Waals surface area contributed by atoms with E-state index in [0.29, 0.717) is 22.4 Å². The molecule has 0 radical (unpaired) electrons. The molecule has 2 heterocycles. The Morgan fingerprint density at radius 1 is 1.36 bits per heavy atom. The maximum absolute atomic E-state index is 11.0. The number of nitrogens with one attached hydrogen (secondary N) is 2. The van der Waals surface area contributed by atoms with Crippen molar-refractivity contribution in [2.75, 3.05) is 18.4 Å². The fraction of sp³-hybridized carbons (Fsp3) is 0.500. The molecule has 1 atom stereocenters. The Bertz CT molecular complexity index is 611. The van der Waals surface area contributed by atoms with Gasteiger partial charge in [0.05, 0.1) is 5.02 Å². The highest BCUT2D eigenvalue weighted by Gasteiger charge is 2.31. The number of likely N-dealkylation sites (tertiary alicyclic amines) is 1. The molecule has 6 nitrogen and oxygen atoms in total. The van der Waals surface area contributed by atoms with Crippen molar-refractivity contribution in [1.29, 1.82) is 0 Å². The zero-order valence-electron chi connectivity index (χ0n) is 13.7. The van der Waals surface area contributed by atoms with Crippen LogP contribution in [0.2, 0.25) is 5.02 Å². The molecule has 1 aromatic rings. The van der Waals surface area contributed by atoms with Crippen LogP contribution in [0.5, 0.6) is 0 Å². The summed E-state index contributed by atoms with van der Waals surface area (Å²) in [7, 11) is 0. The SMILES string of the molecule is Cl.Cl.O=C(/C=C/c1cnc(N[C@@H]2CCN(C3CCC3)C2)c(Cl)c1)NO. The topological polar surface area (TPSA) is 77.5 Å². The zero-order valence-corrected chi connectivity index (χ0v) is 16.0. The monoisotopic (exact) mass is 408 g/mol. The van der Waals surface area contributed by atoms with Crippen molar-refractivity contribution in [2.24, 2.45) is 0 Å². The number of aromatic nitrogens is 1. The van der Waals surface area contributed by atoms with E-state index in [2.05, 4.69) is 15.2 Å². The van der Waals surface area contributed by atoms with Gasteiger partial charge in [0.2, 0.25) is 0 Å². The molecule has 1 saturated heterocycles. The van der Waals surface area contributed by atoms with Crippen LogP contribution in [0.15, 0.2) is 18.3 Å². The van der Waals surface area contributed by atoms with E-state index >= 15 is 0 Å². The molecule has 9 heteroatoms. The smallest absolute Gasteiger partial charge is 0.267 e. The van der Waals surface area contributed by atoms with Crippen molar-refractivity contribution in [3.63, 3.8) is 0 Å². The molecule has 1 aromatic heterocycles. The molecule has 1 aliphatic carbocycles. The van der Waals surface area contributed by atoms with Crippen molar-refractivity contribution >= 4 is 54.2 Å². The third-order valence-electron chi connectivity index (χ3n) is 4.55. The predicted molar refractivity (Wildman–Crippen MR) is 104 cm³/mol. The van der Waals surface area contributed by atoms with Crippen molar-refractivity contribution in [3.8, 4) is 0 Å². The molecule has 2 aliphatic rings. The summed E-state index contributed by atoms with van der Waals surface area (Å²) >= 11 is 6.27. The van der Waals surface area contributed by atoms with Gasteiger partial charge in [0, 0.05) is 37.4 Å². The van der Waals surface area contributed by atoms with Crippen LogP contribution in [0.25, 0.3) is 6.08 Å². The lowest BCUT2D eigenvalue weighted by molar-refractivity contribution is -0.124. The van der Waals surface area contributed by atoms with Gasteiger partial charge < -0.3 is 5.32 Å². The fourth-order valence-corrected chi connectivity index (χ4v) is 3.27. The van der Waals surface area contributed by atoms with Gasteiger partial charge in [-0.25, -0.2) is 10.5 Å². The number of hydroxylamine groups is 1. The molecule has 25 heavy (non-hydrogen) atoms. The Morgan fingerprint density at radius 3 is 2.72 bits per heavy atom. The zero-order chi connectivity index (χ0) is 16.2. The summed E-state index contributed by atoms with van der Waals surface area (Å²) in [5.41, 5.74) is 2.24. The van der Waals surface area contributed by atoms with Crippen LogP contribution in [0, 0.1) is 0 Å². The number of amides is 1. The van der Waals surface area contributed by atoms with E-state index in [-0.39, 0.29) is 24.8 Å². The standard InChI is InChI=1S/C16H21ClN4O2.2ClH/c17-14-8-11(4-5-15(22)20-23)9-18-16(14)19-12-6-7-21(10-12)13-2-1-3-13;;/h4-5,8-9,12-13,23H,1-3,6-7,10H2,(H,18,19)(H,20,22);2*1H/b5-4+;;/t12-;;/m1../s1. The molecular weight excluding hydrogens is 387 g/mol. The highest BCUT2D eigenvalue weighted by molar-refractivity contribution is 6.33. The second-order valence-corrected chi connectivity index (χ2v) is 6.53. The highest BCUT2D eigenvalue weighted by atomic mass is 35.5. The predicted octanol–water partition coefficient (Wildman–Crippen LogP) is 3.14. The summed E-state index contributed by atoms with van der Waals surface area (Å²) < 4.78 is 0. The number of halogens is 3. The summed E-state index contributed by atoms with van der Waals surface area (Å²) in [4.78, 5) is 17.9. The average molecular weight is 410 g/mol. The Labute approximate surface area is 164 Å². The molecule has 2 fully saturated rings. The minimum Gasteiger partial charge on any atom is -0.365 e. The van der Waals surface area contributed by atoms with E-state index in [0.717, 1.165) is 25.6 Å². The molecule has 3 rings (SSSR count). The quantitative estimate of drug-likeness (QED) is 0.396. The van der Waals surface area contributed by atoms with Gasteiger partial charge in [0.15, 0.2) is 0 Å². The molecular formula is C16H23Cl3N4O2. The average Bonchev–Trinajstić information content (AvgIpc) is 2.93. The van der Waals surface area contributed by atoms with E-state index in [1.165, 1.54) is 30.8 Å². The van der Waals surface area contributed by atoms with Crippen molar-refractivity contribution in [1.82, 2.24) is 15.4 Å². The van der Waals surface area contributed by atoms with E-state index in [1.807, 2.05) is 0 Å². The van der Waals surface area contributed by atoms with Crippen molar-refractivity contribution in [2.45, 2.75) is 37.8 Å². The maximum atomic E-state index is 11.0.